The Labute approximate surface area is 107 Å². The summed E-state index contributed by atoms with van der Waals surface area (Å²) in [7, 11) is -3.50. The van der Waals surface area contributed by atoms with Crippen molar-refractivity contribution in [2.75, 3.05) is 12.4 Å². The number of aromatic nitrogens is 2. The van der Waals surface area contributed by atoms with Gasteiger partial charge in [-0.1, -0.05) is 6.08 Å². The van der Waals surface area contributed by atoms with E-state index in [2.05, 4.69) is 11.7 Å². The highest BCUT2D eigenvalue weighted by Gasteiger charge is 2.16. The Morgan fingerprint density at radius 2 is 2.39 bits per heavy atom. The minimum atomic E-state index is -3.50. The average molecular weight is 273 g/mol. The summed E-state index contributed by atoms with van der Waals surface area (Å²) in [6, 6.07) is 1.74. The number of sulfonamides is 1. The van der Waals surface area contributed by atoms with Gasteiger partial charge in [0.25, 0.3) is 0 Å². The zero-order chi connectivity index (χ0) is 13.6. The highest BCUT2D eigenvalue weighted by atomic mass is 32.2. The molecule has 1 heterocycles. The van der Waals surface area contributed by atoms with E-state index in [-0.39, 0.29) is 18.3 Å². The van der Waals surface area contributed by atoms with E-state index < -0.39 is 10.0 Å². The van der Waals surface area contributed by atoms with Gasteiger partial charge in [0.1, 0.15) is 0 Å². The molecule has 0 aliphatic carbocycles. The normalized spacial score (nSPS) is 13.2. The number of ether oxygens (including phenoxy) is 1. The zero-order valence-electron chi connectivity index (χ0n) is 10.4. The lowest BCUT2D eigenvalue weighted by Crippen LogP contribution is -2.26. The van der Waals surface area contributed by atoms with Gasteiger partial charge in [-0.2, -0.15) is 0 Å². The van der Waals surface area contributed by atoms with Crippen LogP contribution in [0.1, 0.15) is 13.3 Å². The largest absolute Gasteiger partial charge is 0.476 e. The SMILES string of the molecule is C=CC[C@H](COc1ccn(CC)n1)CS(N)(=O)=O. The molecule has 7 heteroatoms. The van der Waals surface area contributed by atoms with Gasteiger partial charge in [0.15, 0.2) is 0 Å². The summed E-state index contributed by atoms with van der Waals surface area (Å²) in [6.07, 6.45) is 3.99. The fourth-order valence-corrected chi connectivity index (χ4v) is 2.44. The number of aryl methyl sites for hydroxylation is 1. The zero-order valence-corrected chi connectivity index (χ0v) is 11.3. The van der Waals surface area contributed by atoms with Crippen molar-refractivity contribution < 1.29 is 13.2 Å². The van der Waals surface area contributed by atoms with Crippen molar-refractivity contribution in [3.63, 3.8) is 0 Å². The van der Waals surface area contributed by atoms with Crippen LogP contribution in [-0.4, -0.2) is 30.6 Å². The van der Waals surface area contributed by atoms with Crippen molar-refractivity contribution in [3.05, 3.63) is 24.9 Å². The van der Waals surface area contributed by atoms with Crippen LogP contribution >= 0.6 is 0 Å². The van der Waals surface area contributed by atoms with Crippen molar-refractivity contribution in [3.8, 4) is 5.88 Å². The summed E-state index contributed by atoms with van der Waals surface area (Å²) in [5, 5.41) is 9.17. The Bertz CT molecular complexity index is 481. The van der Waals surface area contributed by atoms with E-state index >= 15 is 0 Å². The van der Waals surface area contributed by atoms with E-state index in [1.165, 1.54) is 0 Å². The first kappa shape index (κ1) is 14.7. The molecule has 0 radical (unpaired) electrons. The van der Waals surface area contributed by atoms with E-state index in [1.807, 2.05) is 6.92 Å². The lowest BCUT2D eigenvalue weighted by atomic mass is 10.1. The smallest absolute Gasteiger partial charge is 0.232 e. The monoisotopic (exact) mass is 273 g/mol. The molecule has 102 valence electrons. The molecule has 0 aliphatic heterocycles. The lowest BCUT2D eigenvalue weighted by Gasteiger charge is -2.13. The summed E-state index contributed by atoms with van der Waals surface area (Å²) in [6.45, 7) is 6.58. The molecule has 0 saturated heterocycles. The van der Waals surface area contributed by atoms with Crippen molar-refractivity contribution in [1.29, 1.82) is 0 Å². The Kier molecular flexibility index (Phi) is 5.36. The standard InChI is InChI=1S/C11H19N3O3S/c1-3-5-10(9-18(12,15)16)8-17-11-6-7-14(4-2)13-11/h3,6-7,10H,1,4-5,8-9H2,2H3,(H2,12,15,16)/t10-/m1/s1. The number of rotatable bonds is 8. The maximum Gasteiger partial charge on any atom is 0.232 e. The molecule has 0 unspecified atom stereocenters. The second-order valence-electron chi connectivity index (χ2n) is 4.04. The molecular weight excluding hydrogens is 254 g/mol. The van der Waals surface area contributed by atoms with Crippen molar-refractivity contribution >= 4 is 10.0 Å². The molecule has 0 bridgehead atoms. The number of hydrogen-bond acceptors (Lipinski definition) is 4. The number of allylic oxidation sites excluding steroid dienone is 1. The van der Waals surface area contributed by atoms with Crippen LogP contribution in [0.5, 0.6) is 5.88 Å². The van der Waals surface area contributed by atoms with E-state index in [1.54, 1.807) is 23.0 Å². The summed E-state index contributed by atoms with van der Waals surface area (Å²) in [5.41, 5.74) is 0. The molecule has 0 fully saturated rings. The van der Waals surface area contributed by atoms with Crippen LogP contribution in [0.4, 0.5) is 0 Å². The van der Waals surface area contributed by atoms with Gasteiger partial charge in [-0.15, -0.1) is 11.7 Å². The minimum Gasteiger partial charge on any atom is -0.476 e. The third-order valence-electron chi connectivity index (χ3n) is 2.38. The third kappa shape index (κ3) is 5.33. The molecule has 2 N–H and O–H groups in total. The molecular formula is C11H19N3O3S. The van der Waals surface area contributed by atoms with Gasteiger partial charge in [0.2, 0.25) is 15.9 Å². The molecule has 6 nitrogen and oxygen atoms in total. The first-order valence-corrected chi connectivity index (χ1v) is 7.43. The summed E-state index contributed by atoms with van der Waals surface area (Å²) >= 11 is 0. The van der Waals surface area contributed by atoms with Gasteiger partial charge in [-0.25, -0.2) is 13.6 Å². The first-order valence-electron chi connectivity index (χ1n) is 5.72. The fraction of sp³-hybridized carbons (Fsp3) is 0.545. The molecule has 0 aliphatic rings. The number of hydrogen-bond donors (Lipinski definition) is 1. The van der Waals surface area contributed by atoms with Gasteiger partial charge in [-0.05, 0) is 13.3 Å². The average Bonchev–Trinajstić information content (AvgIpc) is 2.72. The van der Waals surface area contributed by atoms with E-state index in [9.17, 15) is 8.42 Å². The third-order valence-corrected chi connectivity index (χ3v) is 3.31. The highest BCUT2D eigenvalue weighted by Crippen LogP contribution is 2.11. The fourth-order valence-electron chi connectivity index (χ4n) is 1.55. The van der Waals surface area contributed by atoms with Crippen LogP contribution < -0.4 is 9.88 Å². The lowest BCUT2D eigenvalue weighted by molar-refractivity contribution is 0.250. The van der Waals surface area contributed by atoms with Crippen molar-refractivity contribution in [1.82, 2.24) is 9.78 Å². The van der Waals surface area contributed by atoms with E-state index in [0.29, 0.717) is 12.3 Å². The summed E-state index contributed by atoms with van der Waals surface area (Å²) in [5.74, 6) is 0.164. The highest BCUT2D eigenvalue weighted by molar-refractivity contribution is 7.89. The molecule has 0 amide bonds. The van der Waals surface area contributed by atoms with Crippen LogP contribution in [0, 0.1) is 5.92 Å². The van der Waals surface area contributed by atoms with Gasteiger partial charge in [0.05, 0.1) is 12.4 Å². The van der Waals surface area contributed by atoms with Gasteiger partial charge in [0, 0.05) is 24.7 Å². The Hall–Kier alpha value is -1.34. The van der Waals surface area contributed by atoms with Crippen LogP contribution in [0.25, 0.3) is 0 Å². The second kappa shape index (κ2) is 6.55. The van der Waals surface area contributed by atoms with Crippen molar-refractivity contribution in [2.45, 2.75) is 19.9 Å². The molecule has 0 aromatic carbocycles. The molecule has 1 rings (SSSR count). The summed E-state index contributed by atoms with van der Waals surface area (Å²) in [4.78, 5) is 0. The van der Waals surface area contributed by atoms with Crippen molar-refractivity contribution in [2.24, 2.45) is 11.1 Å². The Morgan fingerprint density at radius 1 is 1.67 bits per heavy atom. The van der Waals surface area contributed by atoms with Gasteiger partial charge in [-0.3, -0.25) is 4.68 Å². The van der Waals surface area contributed by atoms with Gasteiger partial charge < -0.3 is 4.74 Å². The maximum absolute atomic E-state index is 11.0. The molecule has 0 spiro atoms. The van der Waals surface area contributed by atoms with Crippen LogP contribution in [0.15, 0.2) is 24.9 Å². The Morgan fingerprint density at radius 3 is 2.89 bits per heavy atom. The second-order valence-corrected chi connectivity index (χ2v) is 5.70. The number of nitrogens with two attached hydrogens (primary N) is 1. The molecule has 1 aromatic heterocycles. The number of primary sulfonamides is 1. The predicted molar refractivity (Wildman–Crippen MR) is 69.7 cm³/mol. The maximum atomic E-state index is 11.0. The minimum absolute atomic E-state index is 0.118. The predicted octanol–water partition coefficient (Wildman–Crippen LogP) is 0.763. The van der Waals surface area contributed by atoms with E-state index in [4.69, 9.17) is 9.88 Å². The topological polar surface area (TPSA) is 87.2 Å². The van der Waals surface area contributed by atoms with Gasteiger partial charge >= 0.3 is 0 Å². The van der Waals surface area contributed by atoms with Crippen LogP contribution in [-0.2, 0) is 16.6 Å². The van der Waals surface area contributed by atoms with Crippen LogP contribution in [0.3, 0.4) is 0 Å². The quantitative estimate of drug-likeness (QED) is 0.708. The summed E-state index contributed by atoms with van der Waals surface area (Å²) < 4.78 is 29.3. The molecule has 18 heavy (non-hydrogen) atoms. The molecule has 0 saturated carbocycles. The number of nitrogens with zero attached hydrogens (tertiary/aromatic N) is 2. The Balaban J connectivity index is 2.53. The first-order chi connectivity index (χ1) is 8.44. The van der Waals surface area contributed by atoms with Crippen LogP contribution in [0.2, 0.25) is 0 Å². The molecule has 1 atom stereocenters. The molecule has 1 aromatic rings. The van der Waals surface area contributed by atoms with E-state index in [0.717, 1.165) is 6.54 Å².